The second-order valence-corrected chi connectivity index (χ2v) is 5.25. The van der Waals surface area contributed by atoms with E-state index >= 15 is 0 Å². The van der Waals surface area contributed by atoms with Crippen LogP contribution in [0.25, 0.3) is 0 Å². The van der Waals surface area contributed by atoms with Crippen LogP contribution in [-0.2, 0) is 17.8 Å². The third kappa shape index (κ3) is 6.38. The molecule has 3 nitrogen and oxygen atoms in total. The Balaban J connectivity index is 0.00000264. The largest absolute Gasteiger partial charge is 0.338 e. The maximum atomic E-state index is 12.9. The monoisotopic (exact) mass is 336 g/mol. The van der Waals surface area contributed by atoms with Gasteiger partial charge in [0.25, 0.3) is 0 Å². The summed E-state index contributed by atoms with van der Waals surface area (Å²) < 4.78 is 12.9. The van der Waals surface area contributed by atoms with E-state index in [2.05, 4.69) is 0 Å². The van der Waals surface area contributed by atoms with Gasteiger partial charge in [0, 0.05) is 13.1 Å². The normalized spacial score (nSPS) is 10.0. The van der Waals surface area contributed by atoms with Crippen LogP contribution < -0.4 is 5.73 Å². The quantitative estimate of drug-likeness (QED) is 0.844. The second-order valence-electron chi connectivity index (χ2n) is 5.25. The first-order chi connectivity index (χ1) is 10.7. The van der Waals surface area contributed by atoms with Gasteiger partial charge in [0.2, 0.25) is 5.91 Å². The van der Waals surface area contributed by atoms with Gasteiger partial charge in [-0.25, -0.2) is 4.39 Å². The molecule has 0 spiro atoms. The van der Waals surface area contributed by atoms with Gasteiger partial charge in [-0.05, 0) is 36.2 Å². The molecule has 1 amide bonds. The first-order valence-corrected chi connectivity index (χ1v) is 7.45. The molecule has 0 saturated carbocycles. The first-order valence-electron chi connectivity index (χ1n) is 7.45. The fourth-order valence-electron chi connectivity index (χ4n) is 2.27. The Morgan fingerprint density at radius 1 is 1.00 bits per heavy atom. The van der Waals surface area contributed by atoms with E-state index in [9.17, 15) is 9.18 Å². The molecule has 23 heavy (non-hydrogen) atoms. The summed E-state index contributed by atoms with van der Waals surface area (Å²) in [5, 5.41) is 0. The topological polar surface area (TPSA) is 46.3 Å². The number of benzene rings is 2. The number of nitrogens with two attached hydrogens (primary N) is 1. The SMILES string of the molecule is Cl.NCCCN(Cc1ccccc1)C(=O)Cc1ccc(F)cc1. The van der Waals surface area contributed by atoms with E-state index in [1.165, 1.54) is 12.1 Å². The van der Waals surface area contributed by atoms with Crippen LogP contribution in [0.4, 0.5) is 4.39 Å². The van der Waals surface area contributed by atoms with Crippen molar-refractivity contribution in [3.63, 3.8) is 0 Å². The molecule has 2 aromatic carbocycles. The van der Waals surface area contributed by atoms with Crippen LogP contribution in [0.15, 0.2) is 54.6 Å². The molecule has 0 atom stereocenters. The van der Waals surface area contributed by atoms with Crippen molar-refractivity contribution in [2.75, 3.05) is 13.1 Å². The molecule has 0 saturated heterocycles. The van der Waals surface area contributed by atoms with Crippen LogP contribution in [0.1, 0.15) is 17.5 Å². The summed E-state index contributed by atoms with van der Waals surface area (Å²) in [6.07, 6.45) is 1.04. The van der Waals surface area contributed by atoms with Gasteiger partial charge in [-0.15, -0.1) is 12.4 Å². The molecule has 0 fully saturated rings. The summed E-state index contributed by atoms with van der Waals surface area (Å²) in [4.78, 5) is 14.3. The maximum Gasteiger partial charge on any atom is 0.227 e. The molecular weight excluding hydrogens is 315 g/mol. The minimum atomic E-state index is -0.291. The fraction of sp³-hybridized carbons (Fsp3) is 0.278. The minimum Gasteiger partial charge on any atom is -0.338 e. The van der Waals surface area contributed by atoms with E-state index < -0.39 is 0 Å². The molecular formula is C18H22ClFN2O. The highest BCUT2D eigenvalue weighted by atomic mass is 35.5. The number of carbonyl (C=O) groups excluding carboxylic acids is 1. The van der Waals surface area contributed by atoms with Crippen LogP contribution in [0.5, 0.6) is 0 Å². The molecule has 2 rings (SSSR count). The van der Waals surface area contributed by atoms with Crippen LogP contribution >= 0.6 is 12.4 Å². The van der Waals surface area contributed by atoms with Crippen LogP contribution in [0.2, 0.25) is 0 Å². The van der Waals surface area contributed by atoms with Crippen LogP contribution in [0, 0.1) is 5.82 Å². The summed E-state index contributed by atoms with van der Waals surface area (Å²) in [6, 6.07) is 15.9. The van der Waals surface area contributed by atoms with E-state index in [0.29, 0.717) is 19.6 Å². The zero-order valence-electron chi connectivity index (χ0n) is 13.0. The molecule has 0 radical (unpaired) electrons. The molecule has 0 aliphatic rings. The Kier molecular flexibility index (Phi) is 8.30. The number of halogens is 2. The molecule has 0 aliphatic heterocycles. The third-order valence-electron chi connectivity index (χ3n) is 3.47. The van der Waals surface area contributed by atoms with Crippen molar-refractivity contribution in [2.24, 2.45) is 5.73 Å². The van der Waals surface area contributed by atoms with E-state index in [4.69, 9.17) is 5.73 Å². The number of hydrogen-bond donors (Lipinski definition) is 1. The van der Waals surface area contributed by atoms with Gasteiger partial charge in [0.15, 0.2) is 0 Å². The predicted molar refractivity (Wildman–Crippen MR) is 92.9 cm³/mol. The average molecular weight is 337 g/mol. The molecule has 2 aromatic rings. The lowest BCUT2D eigenvalue weighted by Crippen LogP contribution is -2.33. The maximum absolute atomic E-state index is 12.9. The van der Waals surface area contributed by atoms with E-state index in [1.54, 1.807) is 12.1 Å². The molecule has 0 unspecified atom stereocenters. The zero-order valence-corrected chi connectivity index (χ0v) is 13.8. The van der Waals surface area contributed by atoms with Crippen molar-refractivity contribution in [2.45, 2.75) is 19.4 Å². The summed E-state index contributed by atoms with van der Waals surface area (Å²) in [7, 11) is 0. The molecule has 0 aliphatic carbocycles. The highest BCUT2D eigenvalue weighted by Crippen LogP contribution is 2.10. The first kappa shape index (κ1) is 19.1. The number of rotatable bonds is 7. The second kappa shape index (κ2) is 9.98. The molecule has 5 heteroatoms. The lowest BCUT2D eigenvalue weighted by Gasteiger charge is -2.23. The Hall–Kier alpha value is -1.91. The summed E-state index contributed by atoms with van der Waals surface area (Å²) in [5.41, 5.74) is 7.47. The van der Waals surface area contributed by atoms with Crippen molar-refractivity contribution < 1.29 is 9.18 Å². The van der Waals surface area contributed by atoms with Crippen molar-refractivity contribution in [1.29, 1.82) is 0 Å². The standard InChI is InChI=1S/C18H21FN2O.ClH/c19-17-9-7-15(8-10-17)13-18(22)21(12-4-11-20)14-16-5-2-1-3-6-16;/h1-3,5-10H,4,11-14,20H2;1H. The van der Waals surface area contributed by atoms with Crippen molar-refractivity contribution >= 4 is 18.3 Å². The van der Waals surface area contributed by atoms with Crippen molar-refractivity contribution in [3.8, 4) is 0 Å². The van der Waals surface area contributed by atoms with Crippen LogP contribution in [-0.4, -0.2) is 23.9 Å². The Labute approximate surface area is 142 Å². The molecule has 124 valence electrons. The minimum absolute atomic E-state index is 0. The van der Waals surface area contributed by atoms with Gasteiger partial charge in [0.1, 0.15) is 5.82 Å². The number of amides is 1. The summed E-state index contributed by atoms with van der Waals surface area (Å²) >= 11 is 0. The Morgan fingerprint density at radius 2 is 1.65 bits per heavy atom. The van der Waals surface area contributed by atoms with Gasteiger partial charge < -0.3 is 10.6 Å². The Morgan fingerprint density at radius 3 is 2.26 bits per heavy atom. The third-order valence-corrected chi connectivity index (χ3v) is 3.47. The summed E-state index contributed by atoms with van der Waals surface area (Å²) in [5.74, 6) is -0.260. The Bertz CT molecular complexity index is 590. The van der Waals surface area contributed by atoms with Gasteiger partial charge in [-0.1, -0.05) is 42.5 Å². The molecule has 0 heterocycles. The van der Waals surface area contributed by atoms with Crippen molar-refractivity contribution in [1.82, 2.24) is 4.90 Å². The van der Waals surface area contributed by atoms with Crippen molar-refractivity contribution in [3.05, 3.63) is 71.5 Å². The van der Waals surface area contributed by atoms with E-state index in [1.807, 2.05) is 35.2 Å². The lowest BCUT2D eigenvalue weighted by molar-refractivity contribution is -0.131. The number of hydrogen-bond acceptors (Lipinski definition) is 2. The zero-order chi connectivity index (χ0) is 15.8. The highest BCUT2D eigenvalue weighted by Gasteiger charge is 2.14. The highest BCUT2D eigenvalue weighted by molar-refractivity contribution is 5.85. The van der Waals surface area contributed by atoms with Gasteiger partial charge in [0.05, 0.1) is 6.42 Å². The van der Waals surface area contributed by atoms with Gasteiger partial charge in [-0.3, -0.25) is 4.79 Å². The molecule has 0 aromatic heterocycles. The average Bonchev–Trinajstić information content (AvgIpc) is 2.54. The van der Waals surface area contributed by atoms with Gasteiger partial charge >= 0.3 is 0 Å². The fourth-order valence-corrected chi connectivity index (χ4v) is 2.27. The van der Waals surface area contributed by atoms with Gasteiger partial charge in [-0.2, -0.15) is 0 Å². The smallest absolute Gasteiger partial charge is 0.227 e. The summed E-state index contributed by atoms with van der Waals surface area (Å²) in [6.45, 7) is 1.75. The molecule has 0 bridgehead atoms. The lowest BCUT2D eigenvalue weighted by atomic mass is 10.1. The van der Waals surface area contributed by atoms with Crippen LogP contribution in [0.3, 0.4) is 0 Å². The number of carbonyl (C=O) groups is 1. The van der Waals surface area contributed by atoms with E-state index in [0.717, 1.165) is 17.5 Å². The predicted octanol–water partition coefficient (Wildman–Crippen LogP) is 3.17. The number of nitrogens with zero attached hydrogens (tertiary/aromatic N) is 1. The molecule has 2 N–H and O–H groups in total. The van der Waals surface area contributed by atoms with E-state index in [-0.39, 0.29) is 30.6 Å².